The molecule has 0 fully saturated rings. The molecular formula is C11H11Cl2NO4S. The van der Waals surface area contributed by atoms with Crippen molar-refractivity contribution in [3.05, 3.63) is 30.3 Å². The van der Waals surface area contributed by atoms with Gasteiger partial charge in [-0.1, -0.05) is 18.2 Å². The second kappa shape index (κ2) is 7.00. The molecule has 0 aliphatic rings. The van der Waals surface area contributed by atoms with Gasteiger partial charge in [-0.3, -0.25) is 9.59 Å². The van der Waals surface area contributed by atoms with E-state index in [2.05, 4.69) is 4.72 Å². The minimum Gasteiger partial charge on any atom is -0.281 e. The molecule has 1 N–H and O–H groups in total. The molecule has 0 heterocycles. The maximum Gasteiger partial charge on any atom is 0.241 e. The number of sulfonamides is 1. The van der Waals surface area contributed by atoms with Crippen molar-refractivity contribution in [3.63, 3.8) is 0 Å². The van der Waals surface area contributed by atoms with E-state index in [1.54, 1.807) is 18.2 Å². The quantitative estimate of drug-likeness (QED) is 0.773. The van der Waals surface area contributed by atoms with Crippen LogP contribution in [0.3, 0.4) is 0 Å². The van der Waals surface area contributed by atoms with Gasteiger partial charge in [-0.15, -0.1) is 0 Å². The summed E-state index contributed by atoms with van der Waals surface area (Å²) < 4.78 is 26.0. The molecule has 0 saturated heterocycles. The third kappa shape index (κ3) is 5.28. The van der Waals surface area contributed by atoms with E-state index in [-0.39, 0.29) is 17.7 Å². The van der Waals surface area contributed by atoms with Crippen LogP contribution < -0.4 is 4.72 Å². The van der Waals surface area contributed by atoms with Crippen LogP contribution in [-0.4, -0.2) is 24.9 Å². The molecule has 0 radical (unpaired) electrons. The highest BCUT2D eigenvalue weighted by atomic mass is 35.5. The Labute approximate surface area is 120 Å². The summed E-state index contributed by atoms with van der Waals surface area (Å²) in [6.07, 6.45) is -0.237. The second-order valence-corrected chi connectivity index (χ2v) is 6.19. The summed E-state index contributed by atoms with van der Waals surface area (Å²) in [6.45, 7) is 0. The van der Waals surface area contributed by atoms with Crippen LogP contribution >= 0.6 is 23.2 Å². The van der Waals surface area contributed by atoms with Gasteiger partial charge >= 0.3 is 0 Å². The summed E-state index contributed by atoms with van der Waals surface area (Å²) in [7, 11) is -3.86. The first-order valence-electron chi connectivity index (χ1n) is 5.28. The molecular weight excluding hydrogens is 313 g/mol. The average molecular weight is 324 g/mol. The Hall–Kier alpha value is -0.950. The van der Waals surface area contributed by atoms with Crippen LogP contribution in [0.4, 0.5) is 0 Å². The van der Waals surface area contributed by atoms with Gasteiger partial charge in [-0.05, 0) is 41.8 Å². The minimum absolute atomic E-state index is 0.00937. The Morgan fingerprint density at radius 1 is 1.16 bits per heavy atom. The number of hydrogen-bond donors (Lipinski definition) is 1. The van der Waals surface area contributed by atoms with E-state index in [1.807, 2.05) is 0 Å². The summed E-state index contributed by atoms with van der Waals surface area (Å²) >= 11 is 10.4. The summed E-state index contributed by atoms with van der Waals surface area (Å²) in [6, 6.07) is 6.34. The molecule has 0 amide bonds. The number of rotatable bonds is 7. The smallest absolute Gasteiger partial charge is 0.241 e. The van der Waals surface area contributed by atoms with Gasteiger partial charge in [0.1, 0.15) is 0 Å². The number of carbonyl (C=O) groups is 2. The molecule has 0 aromatic heterocycles. The Morgan fingerprint density at radius 3 is 2.21 bits per heavy atom. The first-order valence-corrected chi connectivity index (χ1v) is 7.52. The highest BCUT2D eigenvalue weighted by molar-refractivity contribution is 7.89. The second-order valence-electron chi connectivity index (χ2n) is 3.68. The highest BCUT2D eigenvalue weighted by Gasteiger charge is 2.24. The zero-order valence-electron chi connectivity index (χ0n) is 9.68. The van der Waals surface area contributed by atoms with E-state index in [9.17, 15) is 18.0 Å². The molecule has 0 aliphatic heterocycles. The molecule has 1 aromatic rings. The topological polar surface area (TPSA) is 80.3 Å². The van der Waals surface area contributed by atoms with E-state index >= 15 is 0 Å². The van der Waals surface area contributed by atoms with Crippen molar-refractivity contribution in [1.29, 1.82) is 0 Å². The average Bonchev–Trinajstić information content (AvgIpc) is 2.35. The number of carbonyl (C=O) groups excluding carboxylic acids is 2. The number of hydrogen-bond acceptors (Lipinski definition) is 4. The fourth-order valence-corrected chi connectivity index (χ4v) is 2.92. The minimum atomic E-state index is -3.86. The zero-order chi connectivity index (χ0) is 14.5. The van der Waals surface area contributed by atoms with Gasteiger partial charge < -0.3 is 0 Å². The van der Waals surface area contributed by atoms with Gasteiger partial charge in [0.2, 0.25) is 20.5 Å². The van der Waals surface area contributed by atoms with Gasteiger partial charge in [-0.2, -0.15) is 4.72 Å². The Bertz CT molecular complexity index is 559. The van der Waals surface area contributed by atoms with E-state index < -0.39 is 26.5 Å². The summed E-state index contributed by atoms with van der Waals surface area (Å²) in [5, 5.41) is -1.56. The van der Waals surface area contributed by atoms with Gasteiger partial charge in [0.05, 0.1) is 10.9 Å². The predicted octanol–water partition coefficient (Wildman–Crippen LogP) is 1.64. The molecule has 19 heavy (non-hydrogen) atoms. The number of nitrogens with one attached hydrogen (secondary N) is 1. The standard InChI is InChI=1S/C11H11Cl2NO4S/c12-10(15)7-6-9(11(13)16)14-19(17,18)8-4-2-1-3-5-8/h1-5,9,14H,6-7H2. The molecule has 1 unspecified atom stereocenters. The third-order valence-electron chi connectivity index (χ3n) is 2.25. The van der Waals surface area contributed by atoms with Gasteiger partial charge in [-0.25, -0.2) is 8.42 Å². The first kappa shape index (κ1) is 16.1. The van der Waals surface area contributed by atoms with Gasteiger partial charge in [0.25, 0.3) is 0 Å². The lowest BCUT2D eigenvalue weighted by molar-refractivity contribution is -0.114. The first-order chi connectivity index (χ1) is 8.83. The van der Waals surface area contributed by atoms with Crippen LogP contribution in [-0.2, 0) is 19.6 Å². The van der Waals surface area contributed by atoms with E-state index in [0.717, 1.165) is 0 Å². The number of benzene rings is 1. The molecule has 8 heteroatoms. The molecule has 1 rings (SSSR count). The Kier molecular flexibility index (Phi) is 5.93. The van der Waals surface area contributed by atoms with E-state index in [4.69, 9.17) is 23.2 Å². The highest BCUT2D eigenvalue weighted by Crippen LogP contribution is 2.11. The SMILES string of the molecule is O=C(Cl)CCC(NS(=O)(=O)c1ccccc1)C(=O)Cl. The fraction of sp³-hybridized carbons (Fsp3) is 0.273. The van der Waals surface area contributed by atoms with Crippen molar-refractivity contribution < 1.29 is 18.0 Å². The van der Waals surface area contributed by atoms with Crippen LogP contribution in [0.2, 0.25) is 0 Å². The van der Waals surface area contributed by atoms with Crippen molar-refractivity contribution >= 4 is 43.7 Å². The molecule has 0 spiro atoms. The summed E-state index contributed by atoms with van der Waals surface area (Å²) in [5.74, 6) is 0. The van der Waals surface area contributed by atoms with Crippen molar-refractivity contribution in [2.45, 2.75) is 23.8 Å². The lowest BCUT2D eigenvalue weighted by atomic mass is 10.2. The van der Waals surface area contributed by atoms with Crippen molar-refractivity contribution in [3.8, 4) is 0 Å². The van der Waals surface area contributed by atoms with Crippen LogP contribution in [0.15, 0.2) is 35.2 Å². The monoisotopic (exact) mass is 323 g/mol. The van der Waals surface area contributed by atoms with Crippen LogP contribution in [0, 0.1) is 0 Å². The Morgan fingerprint density at radius 2 is 1.74 bits per heavy atom. The lowest BCUT2D eigenvalue weighted by Gasteiger charge is -2.14. The Balaban J connectivity index is 2.84. The zero-order valence-corrected chi connectivity index (χ0v) is 12.0. The molecule has 0 aliphatic carbocycles. The van der Waals surface area contributed by atoms with Crippen LogP contribution in [0.25, 0.3) is 0 Å². The number of halogens is 2. The van der Waals surface area contributed by atoms with Gasteiger partial charge in [0, 0.05) is 6.42 Å². The molecule has 1 aromatic carbocycles. The fourth-order valence-electron chi connectivity index (χ4n) is 1.33. The van der Waals surface area contributed by atoms with Crippen LogP contribution in [0.5, 0.6) is 0 Å². The molecule has 0 saturated carbocycles. The van der Waals surface area contributed by atoms with Crippen molar-refractivity contribution in [1.82, 2.24) is 4.72 Å². The van der Waals surface area contributed by atoms with E-state index in [0.29, 0.717) is 0 Å². The predicted molar refractivity (Wildman–Crippen MR) is 71.5 cm³/mol. The molecule has 1 atom stereocenters. The lowest BCUT2D eigenvalue weighted by Crippen LogP contribution is -2.39. The molecule has 104 valence electrons. The summed E-state index contributed by atoms with van der Waals surface area (Å²) in [4.78, 5) is 21.8. The maximum atomic E-state index is 12.0. The summed E-state index contributed by atoms with van der Waals surface area (Å²) in [5.41, 5.74) is 0. The molecule has 0 bridgehead atoms. The van der Waals surface area contributed by atoms with Crippen molar-refractivity contribution in [2.75, 3.05) is 0 Å². The third-order valence-corrected chi connectivity index (χ3v) is 4.19. The molecule has 5 nitrogen and oxygen atoms in total. The maximum absolute atomic E-state index is 12.0. The van der Waals surface area contributed by atoms with E-state index in [1.165, 1.54) is 12.1 Å². The normalized spacial score (nSPS) is 12.9. The van der Waals surface area contributed by atoms with Gasteiger partial charge in [0.15, 0.2) is 0 Å². The van der Waals surface area contributed by atoms with Crippen LogP contribution in [0.1, 0.15) is 12.8 Å². The largest absolute Gasteiger partial charge is 0.281 e. The van der Waals surface area contributed by atoms with Crippen molar-refractivity contribution in [2.24, 2.45) is 0 Å².